The zero-order chi connectivity index (χ0) is 45.4. The number of carboxylic acid groups (broad SMARTS) is 1. The molecule has 2 atom stereocenters. The summed E-state index contributed by atoms with van der Waals surface area (Å²) >= 11 is 0. The lowest BCUT2D eigenvalue weighted by atomic mass is 10.0. The van der Waals surface area contributed by atoms with Gasteiger partial charge in [0.25, 0.3) is 0 Å². The molecule has 0 aromatic carbocycles. The number of ether oxygens (including phenoxy) is 1. The largest absolute Gasteiger partial charge is 0.480 e. The molecule has 0 aromatic heterocycles. The predicted molar refractivity (Wildman–Crippen MR) is 259 cm³/mol. The van der Waals surface area contributed by atoms with Crippen molar-refractivity contribution in [1.29, 1.82) is 0 Å². The van der Waals surface area contributed by atoms with Crippen molar-refractivity contribution in [2.45, 2.75) is 264 Å². The topological polar surface area (TPSA) is 142 Å². The highest BCUT2D eigenvalue weighted by Crippen LogP contribution is 2.19. The molecule has 0 saturated carbocycles. The highest BCUT2D eigenvalue weighted by molar-refractivity contribution is 5.87. The maximum absolute atomic E-state index is 12.9. The molecule has 9 nitrogen and oxygen atoms in total. The lowest BCUT2D eigenvalue weighted by Crippen LogP contribution is -2.47. The van der Waals surface area contributed by atoms with Gasteiger partial charge >= 0.3 is 11.9 Å². The fourth-order valence-corrected chi connectivity index (χ4v) is 7.62. The Hall–Kier alpha value is -2.94. The van der Waals surface area contributed by atoms with E-state index in [-0.39, 0.29) is 24.5 Å². The highest BCUT2D eigenvalue weighted by Gasteiger charge is 2.19. The van der Waals surface area contributed by atoms with E-state index in [1.165, 1.54) is 135 Å². The Morgan fingerprint density at radius 1 is 0.484 bits per heavy atom. The molecule has 2 amide bonds. The van der Waals surface area contributed by atoms with Crippen molar-refractivity contribution in [3.63, 3.8) is 0 Å². The SMILES string of the molecule is CCCCCCC/C=C\C/C=C\CCCCCC(CCCCCCCC(=O)NCC(=O)NC(CO)C(=O)O)OC(=O)CCCCCCCCCCC/C=C\CCCCCCCC. The summed E-state index contributed by atoms with van der Waals surface area (Å²) in [5.74, 6) is -2.30. The van der Waals surface area contributed by atoms with E-state index in [1.54, 1.807) is 0 Å². The lowest BCUT2D eigenvalue weighted by molar-refractivity contribution is -0.150. The first-order valence-corrected chi connectivity index (χ1v) is 25.9. The third-order valence-corrected chi connectivity index (χ3v) is 11.6. The molecule has 0 bridgehead atoms. The van der Waals surface area contributed by atoms with Crippen LogP contribution in [0.4, 0.5) is 0 Å². The van der Waals surface area contributed by atoms with Gasteiger partial charge in [-0.05, 0) is 96.3 Å². The molecule has 0 spiro atoms. The first-order valence-electron chi connectivity index (χ1n) is 25.9. The molecule has 0 aliphatic carbocycles. The maximum atomic E-state index is 12.9. The van der Waals surface area contributed by atoms with E-state index in [9.17, 15) is 19.2 Å². The fraction of sp³-hybridized carbons (Fsp3) is 0.811. The summed E-state index contributed by atoms with van der Waals surface area (Å²) in [4.78, 5) is 47.8. The van der Waals surface area contributed by atoms with Crippen molar-refractivity contribution in [3.8, 4) is 0 Å². The summed E-state index contributed by atoms with van der Waals surface area (Å²) in [6, 6.07) is -1.39. The fourth-order valence-electron chi connectivity index (χ4n) is 7.62. The summed E-state index contributed by atoms with van der Waals surface area (Å²) in [5.41, 5.74) is 0. The number of carbonyl (C=O) groups is 4. The maximum Gasteiger partial charge on any atom is 0.328 e. The lowest BCUT2D eigenvalue weighted by Gasteiger charge is -2.18. The monoisotopic (exact) mass is 873 g/mol. The second kappa shape index (κ2) is 47.5. The van der Waals surface area contributed by atoms with E-state index in [1.807, 2.05) is 0 Å². The van der Waals surface area contributed by atoms with Gasteiger partial charge in [-0.3, -0.25) is 14.4 Å². The second-order valence-electron chi connectivity index (χ2n) is 17.6. The molecule has 2 unspecified atom stereocenters. The number of carboxylic acids is 1. The van der Waals surface area contributed by atoms with Crippen molar-refractivity contribution in [1.82, 2.24) is 10.6 Å². The number of aliphatic carboxylic acids is 1. The third-order valence-electron chi connectivity index (χ3n) is 11.6. The van der Waals surface area contributed by atoms with Crippen molar-refractivity contribution in [3.05, 3.63) is 36.5 Å². The molecule has 0 fully saturated rings. The summed E-state index contributed by atoms with van der Waals surface area (Å²) in [7, 11) is 0. The first-order chi connectivity index (χ1) is 30.3. The molecule has 9 heteroatoms. The summed E-state index contributed by atoms with van der Waals surface area (Å²) in [6.07, 6.45) is 56.0. The highest BCUT2D eigenvalue weighted by atomic mass is 16.5. The van der Waals surface area contributed by atoms with E-state index in [4.69, 9.17) is 14.9 Å². The van der Waals surface area contributed by atoms with Gasteiger partial charge in [-0.2, -0.15) is 0 Å². The molecule has 0 aromatic rings. The van der Waals surface area contributed by atoms with Gasteiger partial charge in [0.1, 0.15) is 12.1 Å². The number of unbranched alkanes of at least 4 members (excludes halogenated alkanes) is 27. The van der Waals surface area contributed by atoms with Crippen molar-refractivity contribution in [2.24, 2.45) is 0 Å². The predicted octanol–water partition coefficient (Wildman–Crippen LogP) is 13.7. The van der Waals surface area contributed by atoms with Crippen LogP contribution in [0.5, 0.6) is 0 Å². The summed E-state index contributed by atoms with van der Waals surface area (Å²) < 4.78 is 6.06. The van der Waals surface area contributed by atoms with E-state index in [0.717, 1.165) is 83.5 Å². The number of hydrogen-bond acceptors (Lipinski definition) is 6. The van der Waals surface area contributed by atoms with Gasteiger partial charge in [-0.15, -0.1) is 0 Å². The molecule has 0 saturated heterocycles. The Balaban J connectivity index is 4.33. The van der Waals surface area contributed by atoms with Gasteiger partial charge < -0.3 is 25.6 Å². The van der Waals surface area contributed by atoms with Crippen molar-refractivity contribution >= 4 is 23.8 Å². The molecular weight excluding hydrogens is 777 g/mol. The Labute approximate surface area is 380 Å². The van der Waals surface area contributed by atoms with Crippen LogP contribution in [0, 0.1) is 0 Å². The van der Waals surface area contributed by atoms with Gasteiger partial charge in [0, 0.05) is 12.8 Å². The van der Waals surface area contributed by atoms with Gasteiger partial charge in [-0.25, -0.2) is 4.79 Å². The Bertz CT molecular complexity index is 1140. The van der Waals surface area contributed by atoms with Crippen LogP contribution in [0.3, 0.4) is 0 Å². The molecule has 0 rings (SSSR count). The Morgan fingerprint density at radius 3 is 1.32 bits per heavy atom. The number of hydrogen-bond donors (Lipinski definition) is 4. The van der Waals surface area contributed by atoms with Crippen LogP contribution >= 0.6 is 0 Å². The van der Waals surface area contributed by atoms with Crippen LogP contribution in [-0.4, -0.2) is 59.3 Å². The quantitative estimate of drug-likeness (QED) is 0.0271. The second-order valence-corrected chi connectivity index (χ2v) is 17.6. The van der Waals surface area contributed by atoms with Crippen LogP contribution in [0.25, 0.3) is 0 Å². The van der Waals surface area contributed by atoms with E-state index >= 15 is 0 Å². The summed E-state index contributed by atoms with van der Waals surface area (Å²) in [6.45, 7) is 3.49. The molecule has 4 N–H and O–H groups in total. The number of rotatable bonds is 47. The van der Waals surface area contributed by atoms with E-state index < -0.39 is 24.5 Å². The third kappa shape index (κ3) is 43.7. The molecule has 0 aliphatic heterocycles. The zero-order valence-electron chi connectivity index (χ0n) is 40.1. The minimum Gasteiger partial charge on any atom is -0.480 e. The molecule has 360 valence electrons. The minimum atomic E-state index is -1.39. The minimum absolute atomic E-state index is 0.0376. The van der Waals surface area contributed by atoms with Crippen LogP contribution < -0.4 is 10.6 Å². The van der Waals surface area contributed by atoms with E-state index in [2.05, 4.69) is 60.9 Å². The van der Waals surface area contributed by atoms with Gasteiger partial charge in [0.2, 0.25) is 11.8 Å². The average Bonchev–Trinajstić information content (AvgIpc) is 3.26. The number of aliphatic hydroxyl groups excluding tert-OH is 1. The smallest absolute Gasteiger partial charge is 0.328 e. The van der Waals surface area contributed by atoms with Gasteiger partial charge in [0.05, 0.1) is 13.2 Å². The van der Waals surface area contributed by atoms with Crippen molar-refractivity contribution in [2.75, 3.05) is 13.2 Å². The van der Waals surface area contributed by atoms with Crippen LogP contribution in [0.15, 0.2) is 36.5 Å². The van der Waals surface area contributed by atoms with E-state index in [0.29, 0.717) is 19.3 Å². The number of allylic oxidation sites excluding steroid dienone is 6. The normalized spacial score (nSPS) is 12.7. The molecular formula is C53H96N2O7. The standard InChI is InChI=1S/C53H96N2O7/c1-3-5-7-9-11-13-15-17-19-20-21-22-24-26-28-30-32-37-41-45-52(59)62-48(42-38-34-31-29-27-25-23-18-16-14-12-10-8-6-4-2)43-39-35-33-36-40-44-50(57)54-46-51(58)55-49(47-56)53(60)61/h16-19,25,27,48-49,56H,3-15,20-24,26,28-47H2,1-2H3,(H,54,57)(H,55,58)(H,60,61)/b18-16-,19-17-,27-25-. The van der Waals surface area contributed by atoms with Crippen LogP contribution in [0.2, 0.25) is 0 Å². The average molecular weight is 873 g/mol. The number of aliphatic hydroxyl groups is 1. The molecule has 0 heterocycles. The molecule has 62 heavy (non-hydrogen) atoms. The molecule has 0 radical (unpaired) electrons. The first kappa shape index (κ1) is 59.1. The number of nitrogens with one attached hydrogen (secondary N) is 2. The molecule has 0 aliphatic rings. The van der Waals surface area contributed by atoms with Gasteiger partial charge in [0.15, 0.2) is 0 Å². The number of amides is 2. The number of esters is 1. The summed E-state index contributed by atoms with van der Waals surface area (Å²) in [5, 5.41) is 22.6. The van der Waals surface area contributed by atoms with Crippen LogP contribution in [0.1, 0.15) is 251 Å². The number of carbonyl (C=O) groups excluding carboxylic acids is 3. The Morgan fingerprint density at radius 2 is 0.871 bits per heavy atom. The van der Waals surface area contributed by atoms with Crippen molar-refractivity contribution < 1.29 is 34.1 Å². The zero-order valence-corrected chi connectivity index (χ0v) is 40.1. The van der Waals surface area contributed by atoms with Gasteiger partial charge in [-0.1, -0.05) is 179 Å². The Kier molecular flexibility index (Phi) is 45.3. The van der Waals surface area contributed by atoms with Crippen LogP contribution in [-0.2, 0) is 23.9 Å².